The van der Waals surface area contributed by atoms with E-state index in [0.29, 0.717) is 17.2 Å². The molecule has 2 heterocycles. The molecule has 2 amide bonds. The summed E-state index contributed by atoms with van der Waals surface area (Å²) in [4.78, 5) is 33.3. The van der Waals surface area contributed by atoms with E-state index in [4.69, 9.17) is 0 Å². The molecule has 0 spiro atoms. The molecule has 1 saturated heterocycles. The van der Waals surface area contributed by atoms with Crippen molar-refractivity contribution < 1.29 is 9.59 Å². The summed E-state index contributed by atoms with van der Waals surface area (Å²) >= 11 is 1.47. The molecule has 0 radical (unpaired) electrons. The number of para-hydroxylation sites is 1. The van der Waals surface area contributed by atoms with Gasteiger partial charge in [-0.15, -0.1) is 11.8 Å². The number of rotatable bonds is 6. The van der Waals surface area contributed by atoms with Crippen molar-refractivity contribution in [2.75, 3.05) is 49.9 Å². The van der Waals surface area contributed by atoms with Gasteiger partial charge in [-0.05, 0) is 36.1 Å². The Hall–Kier alpha value is -2.31. The predicted molar refractivity (Wildman–Crippen MR) is 127 cm³/mol. The molecule has 0 saturated carbocycles. The number of fused-ring (bicyclic) bond motifs is 1. The van der Waals surface area contributed by atoms with Crippen LogP contribution in [0.4, 0.5) is 5.69 Å². The van der Waals surface area contributed by atoms with E-state index in [0.717, 1.165) is 56.3 Å². The number of nitrogens with zero attached hydrogens (tertiary/aromatic N) is 3. The molecule has 2 aromatic rings. The average Bonchev–Trinajstić information content (AvgIpc) is 3.22. The Morgan fingerprint density at radius 1 is 0.935 bits per heavy atom. The minimum absolute atomic E-state index is 0.0752. The zero-order valence-electron chi connectivity index (χ0n) is 18.4. The van der Waals surface area contributed by atoms with Crippen LogP contribution in [0.1, 0.15) is 29.8 Å². The molecule has 6 heteroatoms. The molecule has 0 aliphatic carbocycles. The van der Waals surface area contributed by atoms with Crippen LogP contribution in [-0.2, 0) is 11.2 Å². The zero-order valence-corrected chi connectivity index (χ0v) is 19.2. The van der Waals surface area contributed by atoms with Gasteiger partial charge in [-0.25, -0.2) is 0 Å². The molecule has 4 rings (SSSR count). The second kappa shape index (κ2) is 9.88. The second-order valence-corrected chi connectivity index (χ2v) is 9.71. The Kier molecular flexibility index (Phi) is 6.98. The fraction of sp³-hybridized carbons (Fsp3) is 0.440. The molecular formula is C25H31N3O2S. The minimum atomic E-state index is 0.0752. The number of anilines is 1. The van der Waals surface area contributed by atoms with Crippen molar-refractivity contribution in [2.45, 2.75) is 25.2 Å². The molecule has 1 fully saturated rings. The van der Waals surface area contributed by atoms with E-state index in [1.807, 2.05) is 52.3 Å². The zero-order chi connectivity index (χ0) is 21.8. The monoisotopic (exact) mass is 437 g/mol. The summed E-state index contributed by atoms with van der Waals surface area (Å²) in [5.41, 5.74) is 2.96. The van der Waals surface area contributed by atoms with Crippen LogP contribution in [0.5, 0.6) is 0 Å². The van der Waals surface area contributed by atoms with Crippen LogP contribution < -0.4 is 4.90 Å². The first-order valence-corrected chi connectivity index (χ1v) is 12.1. The van der Waals surface area contributed by atoms with Crippen molar-refractivity contribution in [3.05, 3.63) is 59.7 Å². The third kappa shape index (κ3) is 5.13. The molecule has 2 aliphatic rings. The van der Waals surface area contributed by atoms with Gasteiger partial charge >= 0.3 is 0 Å². The first kappa shape index (κ1) is 21.9. The third-order valence-electron chi connectivity index (χ3n) is 5.94. The van der Waals surface area contributed by atoms with Crippen LogP contribution >= 0.6 is 11.8 Å². The van der Waals surface area contributed by atoms with Gasteiger partial charge in [0.2, 0.25) is 5.91 Å². The van der Waals surface area contributed by atoms with Gasteiger partial charge in [0.1, 0.15) is 0 Å². The van der Waals surface area contributed by atoms with E-state index in [1.54, 1.807) is 0 Å². The van der Waals surface area contributed by atoms with E-state index in [-0.39, 0.29) is 11.8 Å². The number of carbonyl (C=O) groups excluding carboxylic acids is 2. The molecule has 0 N–H and O–H groups in total. The first-order chi connectivity index (χ1) is 15.0. The van der Waals surface area contributed by atoms with Crippen LogP contribution in [0.25, 0.3) is 0 Å². The highest BCUT2D eigenvalue weighted by Gasteiger charge is 2.26. The van der Waals surface area contributed by atoms with Gasteiger partial charge in [0.05, 0.1) is 11.3 Å². The summed E-state index contributed by atoms with van der Waals surface area (Å²) in [5, 5.41) is 0. The van der Waals surface area contributed by atoms with Crippen molar-refractivity contribution in [3.63, 3.8) is 0 Å². The Bertz CT molecular complexity index is 938. The lowest BCUT2D eigenvalue weighted by Gasteiger charge is -2.35. The van der Waals surface area contributed by atoms with Gasteiger partial charge in [0.25, 0.3) is 5.91 Å². The summed E-state index contributed by atoms with van der Waals surface area (Å²) in [6.45, 7) is 9.64. The topological polar surface area (TPSA) is 43.9 Å². The molecular weight excluding hydrogens is 406 g/mol. The fourth-order valence-electron chi connectivity index (χ4n) is 4.40. The SMILES string of the molecule is CC(C)CN1CCN(C(=O)c2ccccc2SCC(=O)N2CCc3ccccc32)CC1. The number of hydrogen-bond acceptors (Lipinski definition) is 4. The molecule has 5 nitrogen and oxygen atoms in total. The molecule has 164 valence electrons. The number of carbonyl (C=O) groups is 2. The van der Waals surface area contributed by atoms with Crippen LogP contribution in [-0.4, -0.2) is 66.6 Å². The smallest absolute Gasteiger partial charge is 0.255 e. The largest absolute Gasteiger partial charge is 0.336 e. The summed E-state index contributed by atoms with van der Waals surface area (Å²) in [5.74, 6) is 1.14. The highest BCUT2D eigenvalue weighted by Crippen LogP contribution is 2.30. The van der Waals surface area contributed by atoms with Crippen LogP contribution in [0, 0.1) is 5.92 Å². The average molecular weight is 438 g/mol. The molecule has 2 aromatic carbocycles. The van der Waals surface area contributed by atoms with E-state index in [9.17, 15) is 9.59 Å². The van der Waals surface area contributed by atoms with Gasteiger partial charge in [0, 0.05) is 49.9 Å². The van der Waals surface area contributed by atoms with E-state index in [1.165, 1.54) is 17.3 Å². The maximum Gasteiger partial charge on any atom is 0.255 e. The third-order valence-corrected chi connectivity index (χ3v) is 7.00. The predicted octanol–water partition coefficient (Wildman–Crippen LogP) is 3.78. The van der Waals surface area contributed by atoms with Crippen molar-refractivity contribution in [1.29, 1.82) is 0 Å². The van der Waals surface area contributed by atoms with E-state index in [2.05, 4.69) is 24.8 Å². The van der Waals surface area contributed by atoms with Gasteiger partial charge in [-0.3, -0.25) is 14.5 Å². The van der Waals surface area contributed by atoms with Gasteiger partial charge < -0.3 is 9.80 Å². The highest BCUT2D eigenvalue weighted by molar-refractivity contribution is 8.00. The lowest BCUT2D eigenvalue weighted by molar-refractivity contribution is -0.116. The summed E-state index contributed by atoms with van der Waals surface area (Å²) in [7, 11) is 0. The fourth-order valence-corrected chi connectivity index (χ4v) is 5.32. The number of thioether (sulfide) groups is 1. The molecule has 31 heavy (non-hydrogen) atoms. The lowest BCUT2D eigenvalue weighted by atomic mass is 10.1. The Labute approximate surface area is 189 Å². The maximum absolute atomic E-state index is 13.2. The second-order valence-electron chi connectivity index (χ2n) is 8.70. The van der Waals surface area contributed by atoms with E-state index >= 15 is 0 Å². The highest BCUT2D eigenvalue weighted by atomic mass is 32.2. The number of piperazine rings is 1. The molecule has 0 aromatic heterocycles. The van der Waals surface area contributed by atoms with Crippen LogP contribution in [0.2, 0.25) is 0 Å². The van der Waals surface area contributed by atoms with Crippen LogP contribution in [0.3, 0.4) is 0 Å². The Balaban J connectivity index is 1.38. The first-order valence-electron chi connectivity index (χ1n) is 11.1. The standard InChI is InChI=1S/C25H31N3O2S/c1-19(2)17-26-13-15-27(16-14-26)25(30)21-8-4-6-10-23(21)31-18-24(29)28-12-11-20-7-3-5-9-22(20)28/h3-10,19H,11-18H2,1-2H3. The van der Waals surface area contributed by atoms with Crippen molar-refractivity contribution >= 4 is 29.3 Å². The quantitative estimate of drug-likeness (QED) is 0.645. The van der Waals surface area contributed by atoms with Gasteiger partial charge in [-0.1, -0.05) is 44.2 Å². The van der Waals surface area contributed by atoms with Gasteiger partial charge in [0.15, 0.2) is 0 Å². The Morgan fingerprint density at radius 3 is 2.42 bits per heavy atom. The van der Waals surface area contributed by atoms with Crippen molar-refractivity contribution in [1.82, 2.24) is 9.80 Å². The molecule has 0 atom stereocenters. The maximum atomic E-state index is 13.2. The number of amides is 2. The summed E-state index contributed by atoms with van der Waals surface area (Å²) in [6.07, 6.45) is 0.907. The normalized spacial score (nSPS) is 16.6. The van der Waals surface area contributed by atoms with Crippen LogP contribution in [0.15, 0.2) is 53.4 Å². The Morgan fingerprint density at radius 2 is 1.65 bits per heavy atom. The molecule has 0 unspecified atom stereocenters. The van der Waals surface area contributed by atoms with E-state index < -0.39 is 0 Å². The minimum Gasteiger partial charge on any atom is -0.336 e. The lowest BCUT2D eigenvalue weighted by Crippen LogP contribution is -2.49. The molecule has 0 bridgehead atoms. The number of hydrogen-bond donors (Lipinski definition) is 0. The van der Waals surface area contributed by atoms with Crippen molar-refractivity contribution in [2.24, 2.45) is 5.92 Å². The van der Waals surface area contributed by atoms with Gasteiger partial charge in [-0.2, -0.15) is 0 Å². The molecule has 2 aliphatic heterocycles. The summed E-state index contributed by atoms with van der Waals surface area (Å²) in [6, 6.07) is 15.8. The number of benzene rings is 2. The summed E-state index contributed by atoms with van der Waals surface area (Å²) < 4.78 is 0. The van der Waals surface area contributed by atoms with Crippen molar-refractivity contribution in [3.8, 4) is 0 Å².